The monoisotopic (exact) mass is 182 g/mol. The Morgan fingerprint density at radius 2 is 2.08 bits per heavy atom. The van der Waals surface area contributed by atoms with Crippen molar-refractivity contribution in [3.05, 3.63) is 29.8 Å². The molecule has 1 rings (SSSR count). The largest absolute Gasteiger partial charge is 0.399 e. The van der Waals surface area contributed by atoms with Crippen molar-refractivity contribution >= 4 is 18.1 Å². The van der Waals surface area contributed by atoms with E-state index in [-0.39, 0.29) is 12.4 Å². The third kappa shape index (κ3) is 3.29. The van der Waals surface area contributed by atoms with Crippen LogP contribution in [0.25, 0.3) is 0 Å². The van der Waals surface area contributed by atoms with Gasteiger partial charge >= 0.3 is 0 Å². The molecule has 0 saturated carbocycles. The quantitative estimate of drug-likeness (QED) is 0.465. The second-order valence-electron chi connectivity index (χ2n) is 2.13. The Hall–Kier alpha value is -1.17. The molecule has 0 unspecified atom stereocenters. The summed E-state index contributed by atoms with van der Waals surface area (Å²) in [5.74, 6) is 5.64. The van der Waals surface area contributed by atoms with Gasteiger partial charge in [0, 0.05) is 11.3 Å². The third-order valence-corrected chi connectivity index (χ3v) is 1.22. The van der Waals surface area contributed by atoms with Gasteiger partial charge in [0.25, 0.3) is 0 Å². The molecule has 0 aliphatic carbocycles. The molecule has 0 spiro atoms. The molecule has 0 bridgehead atoms. The lowest BCUT2D eigenvalue weighted by atomic mass is 10.2. The summed E-state index contributed by atoms with van der Waals surface area (Å²) in [6, 6.07) is 7.42. The summed E-state index contributed by atoms with van der Waals surface area (Å²) in [4.78, 5) is 0. The maximum Gasteiger partial charge on any atom is 0.0555 e. The molecular weight excluding hydrogens is 172 g/mol. The standard InChI is InChI=1S/C9H10N2.ClH/c10-6-2-4-8-3-1-5-9(11)7-8;/h1,3,5,7H,6,10-11H2;1H. The molecule has 4 N–H and O–H groups in total. The summed E-state index contributed by atoms with van der Waals surface area (Å²) in [6.07, 6.45) is 0. The summed E-state index contributed by atoms with van der Waals surface area (Å²) in [6.45, 7) is 0.384. The Morgan fingerprint density at radius 3 is 2.67 bits per heavy atom. The second-order valence-corrected chi connectivity index (χ2v) is 2.13. The summed E-state index contributed by atoms with van der Waals surface area (Å²) >= 11 is 0. The SMILES string of the molecule is Cl.NCC#Cc1cccc(N)c1. The van der Waals surface area contributed by atoms with E-state index in [1.165, 1.54) is 0 Å². The van der Waals surface area contributed by atoms with Gasteiger partial charge in [-0.25, -0.2) is 0 Å². The normalized spacial score (nSPS) is 7.75. The Labute approximate surface area is 78.4 Å². The van der Waals surface area contributed by atoms with E-state index < -0.39 is 0 Å². The van der Waals surface area contributed by atoms with Crippen LogP contribution in [0.5, 0.6) is 0 Å². The fourth-order valence-electron chi connectivity index (χ4n) is 0.770. The number of benzene rings is 1. The van der Waals surface area contributed by atoms with E-state index in [0.717, 1.165) is 11.3 Å². The molecule has 3 heteroatoms. The van der Waals surface area contributed by atoms with Gasteiger partial charge in [0.1, 0.15) is 0 Å². The maximum absolute atomic E-state index is 5.53. The molecule has 0 radical (unpaired) electrons. The van der Waals surface area contributed by atoms with Crippen LogP contribution in [0.15, 0.2) is 24.3 Å². The molecule has 0 heterocycles. The number of hydrogen-bond acceptors (Lipinski definition) is 2. The maximum atomic E-state index is 5.53. The summed E-state index contributed by atoms with van der Waals surface area (Å²) in [5, 5.41) is 0. The van der Waals surface area contributed by atoms with E-state index in [1.54, 1.807) is 0 Å². The smallest absolute Gasteiger partial charge is 0.0555 e. The van der Waals surface area contributed by atoms with Crippen LogP contribution in [0, 0.1) is 11.8 Å². The minimum Gasteiger partial charge on any atom is -0.399 e. The first-order valence-electron chi connectivity index (χ1n) is 3.37. The summed E-state index contributed by atoms with van der Waals surface area (Å²) in [7, 11) is 0. The zero-order valence-electron chi connectivity index (χ0n) is 6.58. The van der Waals surface area contributed by atoms with Gasteiger partial charge in [-0.05, 0) is 18.2 Å². The van der Waals surface area contributed by atoms with Crippen molar-refractivity contribution < 1.29 is 0 Å². The third-order valence-electron chi connectivity index (χ3n) is 1.22. The number of nitrogen functional groups attached to an aromatic ring is 1. The van der Waals surface area contributed by atoms with Gasteiger partial charge < -0.3 is 11.5 Å². The van der Waals surface area contributed by atoms with Crippen LogP contribution >= 0.6 is 12.4 Å². The van der Waals surface area contributed by atoms with Gasteiger partial charge in [-0.15, -0.1) is 12.4 Å². The van der Waals surface area contributed by atoms with Crippen molar-refractivity contribution in [2.45, 2.75) is 0 Å². The molecule has 0 aliphatic heterocycles. The Bertz CT molecular complexity index is 299. The average molecular weight is 183 g/mol. The van der Waals surface area contributed by atoms with Crippen molar-refractivity contribution in [1.29, 1.82) is 0 Å². The molecule has 64 valence electrons. The minimum atomic E-state index is 0. The van der Waals surface area contributed by atoms with E-state index in [1.807, 2.05) is 24.3 Å². The molecular formula is C9H11ClN2. The number of rotatable bonds is 0. The zero-order chi connectivity index (χ0) is 8.10. The van der Waals surface area contributed by atoms with Crippen molar-refractivity contribution in [3.8, 4) is 11.8 Å². The Kier molecular flexibility index (Phi) is 4.94. The van der Waals surface area contributed by atoms with Crippen molar-refractivity contribution in [3.63, 3.8) is 0 Å². The summed E-state index contributed by atoms with van der Waals surface area (Å²) < 4.78 is 0. The van der Waals surface area contributed by atoms with Crippen LogP contribution < -0.4 is 11.5 Å². The average Bonchev–Trinajstić information content (AvgIpc) is 2.01. The molecule has 2 nitrogen and oxygen atoms in total. The second kappa shape index (κ2) is 5.48. The number of halogens is 1. The van der Waals surface area contributed by atoms with Gasteiger partial charge in [-0.3, -0.25) is 0 Å². The van der Waals surface area contributed by atoms with Gasteiger partial charge in [-0.2, -0.15) is 0 Å². The highest BCUT2D eigenvalue weighted by Crippen LogP contribution is 2.03. The fourth-order valence-corrected chi connectivity index (χ4v) is 0.770. The van der Waals surface area contributed by atoms with E-state index in [9.17, 15) is 0 Å². The molecule has 0 amide bonds. The van der Waals surface area contributed by atoms with Crippen LogP contribution in [-0.4, -0.2) is 6.54 Å². The first-order chi connectivity index (χ1) is 5.33. The van der Waals surface area contributed by atoms with Gasteiger partial charge in [0.05, 0.1) is 6.54 Å². The van der Waals surface area contributed by atoms with Gasteiger partial charge in [-0.1, -0.05) is 17.9 Å². The summed E-state index contributed by atoms with van der Waals surface area (Å²) in [5.41, 5.74) is 12.4. The van der Waals surface area contributed by atoms with Crippen LogP contribution in [0.3, 0.4) is 0 Å². The molecule has 1 aromatic rings. The predicted molar refractivity (Wildman–Crippen MR) is 54.0 cm³/mol. The van der Waals surface area contributed by atoms with Crippen LogP contribution in [0.4, 0.5) is 5.69 Å². The number of hydrogen-bond donors (Lipinski definition) is 2. The molecule has 1 aromatic carbocycles. The van der Waals surface area contributed by atoms with E-state index in [2.05, 4.69) is 11.8 Å². The molecule has 0 aromatic heterocycles. The molecule has 0 fully saturated rings. The van der Waals surface area contributed by atoms with Crippen LogP contribution in [0.2, 0.25) is 0 Å². The molecule has 0 atom stereocenters. The zero-order valence-corrected chi connectivity index (χ0v) is 7.40. The van der Waals surface area contributed by atoms with E-state index >= 15 is 0 Å². The van der Waals surface area contributed by atoms with Crippen LogP contribution in [0.1, 0.15) is 5.56 Å². The first-order valence-corrected chi connectivity index (χ1v) is 3.37. The highest BCUT2D eigenvalue weighted by molar-refractivity contribution is 5.85. The van der Waals surface area contributed by atoms with E-state index in [4.69, 9.17) is 11.5 Å². The molecule has 0 saturated heterocycles. The van der Waals surface area contributed by atoms with Crippen molar-refractivity contribution in [2.75, 3.05) is 12.3 Å². The molecule has 12 heavy (non-hydrogen) atoms. The lowest BCUT2D eigenvalue weighted by Crippen LogP contribution is -1.93. The Balaban J connectivity index is 0.00000121. The van der Waals surface area contributed by atoms with Gasteiger partial charge in [0.15, 0.2) is 0 Å². The molecule has 0 aliphatic rings. The number of anilines is 1. The lowest BCUT2D eigenvalue weighted by molar-refractivity contribution is 1.30. The topological polar surface area (TPSA) is 52.0 Å². The predicted octanol–water partition coefficient (Wildman–Crippen LogP) is 1.00. The fraction of sp³-hybridized carbons (Fsp3) is 0.111. The Morgan fingerprint density at radius 1 is 1.33 bits per heavy atom. The van der Waals surface area contributed by atoms with Crippen molar-refractivity contribution in [2.24, 2.45) is 5.73 Å². The van der Waals surface area contributed by atoms with E-state index in [0.29, 0.717) is 6.54 Å². The number of nitrogens with two attached hydrogens (primary N) is 2. The first kappa shape index (κ1) is 10.8. The van der Waals surface area contributed by atoms with Crippen LogP contribution in [-0.2, 0) is 0 Å². The lowest BCUT2D eigenvalue weighted by Gasteiger charge is -1.91. The highest BCUT2D eigenvalue weighted by Gasteiger charge is 1.85. The van der Waals surface area contributed by atoms with Crippen molar-refractivity contribution in [1.82, 2.24) is 0 Å². The minimum absolute atomic E-state index is 0. The highest BCUT2D eigenvalue weighted by atomic mass is 35.5. The van der Waals surface area contributed by atoms with Gasteiger partial charge in [0.2, 0.25) is 0 Å².